The van der Waals surface area contributed by atoms with Gasteiger partial charge in [0.25, 0.3) is 0 Å². The Balaban J connectivity index is 3.00. The summed E-state index contributed by atoms with van der Waals surface area (Å²) < 4.78 is 10.6. The molecule has 0 saturated carbocycles. The second-order valence-electron chi connectivity index (χ2n) is 3.96. The number of carboxylic acids is 1. The molecule has 5 heteroatoms. The standard InChI is InChI=1S/C13H17ClO4/c1-8-12(17-2)9(5-4-6-11(15)16)7-10(14)13(8)18-3/h7H,4-6H2,1-3H3,(H,15,16). The monoisotopic (exact) mass is 272 g/mol. The first-order valence-corrected chi connectivity index (χ1v) is 6.00. The number of hydrogen-bond acceptors (Lipinski definition) is 3. The van der Waals surface area contributed by atoms with Gasteiger partial charge in [0.2, 0.25) is 0 Å². The molecule has 0 bridgehead atoms. The Morgan fingerprint density at radius 3 is 2.44 bits per heavy atom. The van der Waals surface area contributed by atoms with Crippen LogP contribution in [0.3, 0.4) is 0 Å². The Morgan fingerprint density at radius 2 is 1.94 bits per heavy atom. The summed E-state index contributed by atoms with van der Waals surface area (Å²) in [5.41, 5.74) is 1.74. The number of carboxylic acid groups (broad SMARTS) is 1. The Bertz CT molecular complexity index is 443. The molecule has 18 heavy (non-hydrogen) atoms. The van der Waals surface area contributed by atoms with Gasteiger partial charge in [-0.15, -0.1) is 0 Å². The fraction of sp³-hybridized carbons (Fsp3) is 0.462. The maximum atomic E-state index is 10.5. The summed E-state index contributed by atoms with van der Waals surface area (Å²) in [4.78, 5) is 10.5. The third kappa shape index (κ3) is 3.29. The molecule has 0 saturated heterocycles. The first-order valence-electron chi connectivity index (χ1n) is 5.63. The predicted molar refractivity (Wildman–Crippen MR) is 69.9 cm³/mol. The highest BCUT2D eigenvalue weighted by Gasteiger charge is 2.15. The number of methoxy groups -OCH3 is 2. The predicted octanol–water partition coefficient (Wildman–Crippen LogP) is 3.07. The molecule has 0 aliphatic rings. The number of carbonyl (C=O) groups is 1. The lowest BCUT2D eigenvalue weighted by molar-refractivity contribution is -0.137. The zero-order chi connectivity index (χ0) is 13.7. The van der Waals surface area contributed by atoms with E-state index in [9.17, 15) is 4.79 Å². The molecule has 0 fully saturated rings. The summed E-state index contributed by atoms with van der Waals surface area (Å²) in [6, 6.07) is 1.77. The van der Waals surface area contributed by atoms with E-state index in [0.717, 1.165) is 11.1 Å². The van der Waals surface area contributed by atoms with Crippen molar-refractivity contribution in [1.82, 2.24) is 0 Å². The molecule has 1 N–H and O–H groups in total. The Morgan fingerprint density at radius 1 is 1.33 bits per heavy atom. The molecule has 0 aliphatic heterocycles. The van der Waals surface area contributed by atoms with Crippen LogP contribution in [0.5, 0.6) is 11.5 Å². The minimum Gasteiger partial charge on any atom is -0.496 e. The molecule has 0 unspecified atom stereocenters. The fourth-order valence-electron chi connectivity index (χ4n) is 1.96. The summed E-state index contributed by atoms with van der Waals surface area (Å²) in [5.74, 6) is 0.502. The lowest BCUT2D eigenvalue weighted by Gasteiger charge is -2.15. The molecular weight excluding hydrogens is 256 g/mol. The SMILES string of the molecule is COc1c(Cl)cc(CCCC(=O)O)c(OC)c1C. The van der Waals surface area contributed by atoms with Crippen LogP contribution in [0.15, 0.2) is 6.07 Å². The molecule has 0 aromatic heterocycles. The van der Waals surface area contributed by atoms with E-state index in [-0.39, 0.29) is 6.42 Å². The first-order chi connectivity index (χ1) is 8.51. The van der Waals surface area contributed by atoms with Crippen LogP contribution in [0, 0.1) is 6.92 Å². The van der Waals surface area contributed by atoms with Crippen molar-refractivity contribution < 1.29 is 19.4 Å². The van der Waals surface area contributed by atoms with E-state index in [0.29, 0.717) is 29.4 Å². The van der Waals surface area contributed by atoms with E-state index >= 15 is 0 Å². The van der Waals surface area contributed by atoms with E-state index in [1.807, 2.05) is 6.92 Å². The van der Waals surface area contributed by atoms with Crippen molar-refractivity contribution in [2.45, 2.75) is 26.2 Å². The van der Waals surface area contributed by atoms with Crippen molar-refractivity contribution >= 4 is 17.6 Å². The van der Waals surface area contributed by atoms with Gasteiger partial charge in [-0.3, -0.25) is 4.79 Å². The summed E-state index contributed by atoms with van der Waals surface area (Å²) >= 11 is 6.11. The third-order valence-electron chi connectivity index (χ3n) is 2.74. The smallest absolute Gasteiger partial charge is 0.303 e. The first kappa shape index (κ1) is 14.6. The van der Waals surface area contributed by atoms with E-state index in [4.69, 9.17) is 26.2 Å². The van der Waals surface area contributed by atoms with Gasteiger partial charge in [-0.1, -0.05) is 11.6 Å². The molecule has 4 nitrogen and oxygen atoms in total. The largest absolute Gasteiger partial charge is 0.496 e. The Kier molecular flexibility index (Phi) is 5.28. The zero-order valence-electron chi connectivity index (χ0n) is 10.7. The lowest BCUT2D eigenvalue weighted by Crippen LogP contribution is -2.01. The number of aryl methyl sites for hydroxylation is 1. The van der Waals surface area contributed by atoms with Gasteiger partial charge >= 0.3 is 5.97 Å². The maximum absolute atomic E-state index is 10.5. The van der Waals surface area contributed by atoms with Crippen molar-refractivity contribution in [2.75, 3.05) is 14.2 Å². The molecule has 0 radical (unpaired) electrons. The van der Waals surface area contributed by atoms with Crippen LogP contribution in [-0.4, -0.2) is 25.3 Å². The molecule has 100 valence electrons. The summed E-state index contributed by atoms with van der Waals surface area (Å²) in [5, 5.41) is 9.15. The van der Waals surface area contributed by atoms with Crippen molar-refractivity contribution in [3.63, 3.8) is 0 Å². The van der Waals surface area contributed by atoms with Crippen LogP contribution >= 0.6 is 11.6 Å². The van der Waals surface area contributed by atoms with E-state index < -0.39 is 5.97 Å². The van der Waals surface area contributed by atoms with Crippen LogP contribution < -0.4 is 9.47 Å². The highest BCUT2D eigenvalue weighted by Crippen LogP contribution is 2.38. The van der Waals surface area contributed by atoms with Crippen LogP contribution in [0.4, 0.5) is 0 Å². The second-order valence-corrected chi connectivity index (χ2v) is 4.36. The van der Waals surface area contributed by atoms with Gasteiger partial charge in [-0.2, -0.15) is 0 Å². The highest BCUT2D eigenvalue weighted by atomic mass is 35.5. The molecule has 1 aromatic carbocycles. The van der Waals surface area contributed by atoms with Crippen molar-refractivity contribution in [3.8, 4) is 11.5 Å². The van der Waals surface area contributed by atoms with Gasteiger partial charge in [0.1, 0.15) is 11.5 Å². The minimum absolute atomic E-state index is 0.131. The van der Waals surface area contributed by atoms with Crippen LogP contribution in [-0.2, 0) is 11.2 Å². The number of aliphatic carboxylic acids is 1. The van der Waals surface area contributed by atoms with Gasteiger partial charge in [0.15, 0.2) is 0 Å². The van der Waals surface area contributed by atoms with Crippen LogP contribution in [0.25, 0.3) is 0 Å². The summed E-state index contributed by atoms with van der Waals surface area (Å²) in [6.45, 7) is 1.87. The lowest BCUT2D eigenvalue weighted by atomic mass is 10.0. The van der Waals surface area contributed by atoms with Gasteiger partial charge in [-0.25, -0.2) is 0 Å². The molecular formula is C13H17ClO4. The zero-order valence-corrected chi connectivity index (χ0v) is 11.5. The van der Waals surface area contributed by atoms with Gasteiger partial charge in [0.05, 0.1) is 19.2 Å². The van der Waals surface area contributed by atoms with E-state index in [1.54, 1.807) is 20.3 Å². The quantitative estimate of drug-likeness (QED) is 0.865. The topological polar surface area (TPSA) is 55.8 Å². The van der Waals surface area contributed by atoms with Crippen molar-refractivity contribution in [2.24, 2.45) is 0 Å². The molecule has 0 amide bonds. The fourth-order valence-corrected chi connectivity index (χ4v) is 2.31. The van der Waals surface area contributed by atoms with Crippen LogP contribution in [0.1, 0.15) is 24.0 Å². The minimum atomic E-state index is -0.801. The van der Waals surface area contributed by atoms with Crippen LogP contribution in [0.2, 0.25) is 5.02 Å². The Hall–Kier alpha value is -1.42. The molecule has 0 atom stereocenters. The number of halogens is 1. The van der Waals surface area contributed by atoms with Crippen molar-refractivity contribution in [3.05, 3.63) is 22.2 Å². The number of rotatable bonds is 6. The van der Waals surface area contributed by atoms with E-state index in [1.165, 1.54) is 0 Å². The van der Waals surface area contributed by atoms with Gasteiger partial charge in [-0.05, 0) is 31.4 Å². The number of ether oxygens (including phenoxy) is 2. The molecule has 0 spiro atoms. The molecule has 0 aliphatic carbocycles. The van der Waals surface area contributed by atoms with Gasteiger partial charge < -0.3 is 14.6 Å². The molecule has 1 rings (SSSR count). The van der Waals surface area contributed by atoms with Gasteiger partial charge in [0, 0.05) is 12.0 Å². The number of benzene rings is 1. The maximum Gasteiger partial charge on any atom is 0.303 e. The van der Waals surface area contributed by atoms with Crippen molar-refractivity contribution in [1.29, 1.82) is 0 Å². The average Bonchev–Trinajstić information content (AvgIpc) is 2.29. The Labute approximate surface area is 111 Å². The third-order valence-corrected chi connectivity index (χ3v) is 3.02. The second kappa shape index (κ2) is 6.50. The van der Waals surface area contributed by atoms with E-state index in [2.05, 4.69) is 0 Å². The number of hydrogen-bond donors (Lipinski definition) is 1. The normalized spacial score (nSPS) is 10.2. The molecule has 0 heterocycles. The summed E-state index contributed by atoms with van der Waals surface area (Å²) in [7, 11) is 3.13. The average molecular weight is 273 g/mol. The highest BCUT2D eigenvalue weighted by molar-refractivity contribution is 6.32. The molecule has 1 aromatic rings. The summed E-state index contributed by atoms with van der Waals surface area (Å²) in [6.07, 6.45) is 1.29.